The van der Waals surface area contributed by atoms with Crippen LogP contribution in [-0.4, -0.2) is 48.9 Å². The van der Waals surface area contributed by atoms with Gasteiger partial charge in [-0.05, 0) is 48.9 Å². The number of carbonyl (C=O) groups excluding carboxylic acids is 1. The van der Waals surface area contributed by atoms with E-state index in [9.17, 15) is 4.79 Å². The molecule has 1 aliphatic heterocycles. The normalized spacial score (nSPS) is 14.5. The second-order valence-electron chi connectivity index (χ2n) is 8.46. The van der Waals surface area contributed by atoms with Crippen LogP contribution in [0.4, 0.5) is 17.4 Å². The Hall–Kier alpha value is -3.64. The molecule has 1 aliphatic rings. The molecule has 0 aliphatic carbocycles. The first-order chi connectivity index (χ1) is 16.1. The van der Waals surface area contributed by atoms with Gasteiger partial charge in [-0.3, -0.25) is 4.79 Å². The van der Waals surface area contributed by atoms with Gasteiger partial charge in [-0.2, -0.15) is 4.98 Å². The number of hydrogen-bond donors (Lipinski definition) is 1. The Morgan fingerprint density at radius 1 is 1.03 bits per heavy atom. The molecule has 6 heteroatoms. The van der Waals surface area contributed by atoms with Crippen molar-refractivity contribution < 1.29 is 9.21 Å². The van der Waals surface area contributed by atoms with Gasteiger partial charge in [0, 0.05) is 48.7 Å². The van der Waals surface area contributed by atoms with Gasteiger partial charge < -0.3 is 19.5 Å². The number of rotatable bonds is 6. The van der Waals surface area contributed by atoms with E-state index in [1.165, 1.54) is 11.3 Å². The van der Waals surface area contributed by atoms with E-state index in [4.69, 9.17) is 4.42 Å². The van der Waals surface area contributed by atoms with E-state index in [-0.39, 0.29) is 0 Å². The van der Waals surface area contributed by atoms with Gasteiger partial charge in [0.1, 0.15) is 11.8 Å². The lowest BCUT2D eigenvalue weighted by Gasteiger charge is -2.36. The average molecular weight is 441 g/mol. The number of carbonyl (C=O) groups is 1. The molecule has 1 N–H and O–H groups in total. The van der Waals surface area contributed by atoms with Gasteiger partial charge in [-0.25, -0.2) is 0 Å². The van der Waals surface area contributed by atoms with E-state index < -0.39 is 0 Å². The number of likely N-dealkylation sites (N-methyl/N-ethyl adjacent to an activating group) is 1. The first-order valence-electron chi connectivity index (χ1n) is 11.4. The molecule has 3 aromatic carbocycles. The summed E-state index contributed by atoms with van der Waals surface area (Å²) in [5.41, 5.74) is 7.56. The summed E-state index contributed by atoms with van der Waals surface area (Å²) < 4.78 is 6.12. The summed E-state index contributed by atoms with van der Waals surface area (Å²) in [7, 11) is 0. The second-order valence-corrected chi connectivity index (χ2v) is 8.46. The maximum Gasteiger partial charge on any atom is 0.300 e. The van der Waals surface area contributed by atoms with Gasteiger partial charge in [0.25, 0.3) is 6.01 Å². The summed E-state index contributed by atoms with van der Waals surface area (Å²) in [5.74, 6) is 0. The number of aldehydes is 1. The van der Waals surface area contributed by atoms with Crippen LogP contribution in [0.3, 0.4) is 0 Å². The molecule has 0 bridgehead atoms. The number of piperazine rings is 1. The molecular weight excluding hydrogens is 412 g/mol. The number of para-hydroxylation sites is 1. The fourth-order valence-electron chi connectivity index (χ4n) is 4.49. The number of nitrogens with one attached hydrogen (secondary N) is 1. The molecule has 168 valence electrons. The SMILES string of the molecule is CCN1CCN(c2ccc(Nc3nc4cccc(-c5ccc(C=O)cc5)c4o3)cc2C)CC1. The van der Waals surface area contributed by atoms with E-state index in [1.807, 2.05) is 42.5 Å². The summed E-state index contributed by atoms with van der Waals surface area (Å²) in [5, 5.41) is 3.33. The monoisotopic (exact) mass is 440 g/mol. The summed E-state index contributed by atoms with van der Waals surface area (Å²) >= 11 is 0. The highest BCUT2D eigenvalue weighted by atomic mass is 16.4. The average Bonchev–Trinajstić information content (AvgIpc) is 3.27. The molecule has 1 fully saturated rings. The summed E-state index contributed by atoms with van der Waals surface area (Å²) in [6.07, 6.45) is 0.846. The van der Waals surface area contributed by atoms with Gasteiger partial charge in [-0.1, -0.05) is 43.3 Å². The number of anilines is 3. The fraction of sp³-hybridized carbons (Fsp3) is 0.259. The molecule has 6 nitrogen and oxygen atoms in total. The predicted molar refractivity (Wildman–Crippen MR) is 134 cm³/mol. The first kappa shape index (κ1) is 21.2. The molecule has 0 amide bonds. The quantitative estimate of drug-likeness (QED) is 0.400. The molecule has 1 aromatic heterocycles. The maximum atomic E-state index is 11.0. The van der Waals surface area contributed by atoms with E-state index in [0.717, 1.165) is 66.9 Å². The van der Waals surface area contributed by atoms with Crippen LogP contribution in [0.5, 0.6) is 0 Å². The summed E-state index contributed by atoms with van der Waals surface area (Å²) in [6.45, 7) is 9.83. The largest absolute Gasteiger partial charge is 0.423 e. The van der Waals surface area contributed by atoms with Crippen molar-refractivity contribution in [1.82, 2.24) is 9.88 Å². The minimum atomic E-state index is 0.464. The summed E-state index contributed by atoms with van der Waals surface area (Å²) in [6, 6.07) is 20.3. The molecule has 0 saturated carbocycles. The standard InChI is InChI=1S/C27H28N4O2/c1-3-30-13-15-31(16-14-30)25-12-11-22(17-19(25)2)28-27-29-24-6-4-5-23(26(24)33-27)21-9-7-20(18-32)8-10-21/h4-12,17-18H,3,13-16H2,1-2H3,(H,28,29). The number of aryl methyl sites for hydroxylation is 1. The lowest BCUT2D eigenvalue weighted by atomic mass is 10.0. The highest BCUT2D eigenvalue weighted by Gasteiger charge is 2.18. The smallest absolute Gasteiger partial charge is 0.300 e. The van der Waals surface area contributed by atoms with Crippen molar-refractivity contribution in [3.63, 3.8) is 0 Å². The minimum absolute atomic E-state index is 0.464. The van der Waals surface area contributed by atoms with Gasteiger partial charge >= 0.3 is 0 Å². The molecule has 0 radical (unpaired) electrons. The third kappa shape index (κ3) is 4.34. The highest BCUT2D eigenvalue weighted by molar-refractivity contribution is 5.91. The van der Waals surface area contributed by atoms with Crippen LogP contribution in [0.2, 0.25) is 0 Å². The van der Waals surface area contributed by atoms with E-state index in [1.54, 1.807) is 0 Å². The number of nitrogens with zero attached hydrogens (tertiary/aromatic N) is 3. The van der Waals surface area contributed by atoms with E-state index in [0.29, 0.717) is 11.6 Å². The zero-order valence-electron chi connectivity index (χ0n) is 19.0. The zero-order valence-corrected chi connectivity index (χ0v) is 19.0. The first-order valence-corrected chi connectivity index (χ1v) is 11.4. The minimum Gasteiger partial charge on any atom is -0.423 e. The summed E-state index contributed by atoms with van der Waals surface area (Å²) in [4.78, 5) is 20.6. The van der Waals surface area contributed by atoms with E-state index >= 15 is 0 Å². The number of fused-ring (bicyclic) bond motifs is 1. The van der Waals surface area contributed by atoms with Crippen molar-refractivity contribution >= 4 is 34.8 Å². The Morgan fingerprint density at radius 3 is 2.52 bits per heavy atom. The van der Waals surface area contributed by atoms with Crippen LogP contribution < -0.4 is 10.2 Å². The third-order valence-corrected chi connectivity index (χ3v) is 6.38. The maximum absolute atomic E-state index is 11.0. The van der Waals surface area contributed by atoms with Gasteiger partial charge in [0.05, 0.1) is 0 Å². The fourth-order valence-corrected chi connectivity index (χ4v) is 4.49. The lowest BCUT2D eigenvalue weighted by Crippen LogP contribution is -2.46. The number of benzene rings is 3. The Labute approximate surface area is 193 Å². The van der Waals surface area contributed by atoms with Crippen molar-refractivity contribution in [2.24, 2.45) is 0 Å². The molecule has 0 unspecified atom stereocenters. The topological polar surface area (TPSA) is 61.6 Å². The van der Waals surface area contributed by atoms with Crippen LogP contribution in [-0.2, 0) is 0 Å². The van der Waals surface area contributed by atoms with Crippen LogP contribution in [0.1, 0.15) is 22.8 Å². The van der Waals surface area contributed by atoms with Crippen LogP contribution in [0.15, 0.2) is 65.1 Å². The van der Waals surface area contributed by atoms with Crippen molar-refractivity contribution in [1.29, 1.82) is 0 Å². The molecular formula is C27H28N4O2. The molecule has 2 heterocycles. The Balaban J connectivity index is 1.37. The van der Waals surface area contributed by atoms with Crippen LogP contribution >= 0.6 is 0 Å². The van der Waals surface area contributed by atoms with Crippen molar-refractivity contribution in [3.8, 4) is 11.1 Å². The number of hydrogen-bond acceptors (Lipinski definition) is 6. The van der Waals surface area contributed by atoms with Crippen molar-refractivity contribution in [2.75, 3.05) is 42.9 Å². The Morgan fingerprint density at radius 2 is 1.82 bits per heavy atom. The predicted octanol–water partition coefficient (Wildman–Crippen LogP) is 5.50. The molecule has 5 rings (SSSR count). The zero-order chi connectivity index (χ0) is 22.8. The third-order valence-electron chi connectivity index (χ3n) is 6.38. The Kier molecular flexibility index (Phi) is 5.84. The Bertz CT molecular complexity index is 1270. The number of oxazole rings is 1. The van der Waals surface area contributed by atoms with Crippen LogP contribution in [0.25, 0.3) is 22.2 Å². The second kappa shape index (κ2) is 9.08. The molecule has 0 atom stereocenters. The number of aromatic nitrogens is 1. The van der Waals surface area contributed by atoms with E-state index in [2.05, 4.69) is 52.1 Å². The van der Waals surface area contributed by atoms with Crippen molar-refractivity contribution in [3.05, 3.63) is 71.8 Å². The molecule has 0 spiro atoms. The highest BCUT2D eigenvalue weighted by Crippen LogP contribution is 2.32. The van der Waals surface area contributed by atoms with Crippen LogP contribution in [0, 0.1) is 6.92 Å². The molecule has 33 heavy (non-hydrogen) atoms. The van der Waals surface area contributed by atoms with Gasteiger partial charge in [-0.15, -0.1) is 0 Å². The molecule has 1 saturated heterocycles. The molecule has 4 aromatic rings. The lowest BCUT2D eigenvalue weighted by molar-refractivity contribution is 0.112. The van der Waals surface area contributed by atoms with Gasteiger partial charge in [0.15, 0.2) is 5.58 Å². The van der Waals surface area contributed by atoms with Gasteiger partial charge in [0.2, 0.25) is 0 Å². The van der Waals surface area contributed by atoms with Crippen molar-refractivity contribution in [2.45, 2.75) is 13.8 Å².